The lowest BCUT2D eigenvalue weighted by atomic mass is 10.0. The predicted molar refractivity (Wildman–Crippen MR) is 118 cm³/mol. The number of hydrogen-bond donors (Lipinski definition) is 3. The number of carbonyl (C=O) groups excluding carboxylic acids is 3. The molecule has 0 saturated heterocycles. The van der Waals surface area contributed by atoms with Gasteiger partial charge < -0.3 is 20.5 Å². The number of ether oxygens (including phenoxy) is 1. The Balaban J connectivity index is 3.18. The van der Waals surface area contributed by atoms with Gasteiger partial charge in [0.15, 0.2) is 0 Å². The second-order valence-electron chi connectivity index (χ2n) is 8.23. The standard InChI is InChI=1S/C23H33N3O5/c1-7-12-16(3)24-20(28)19(17-13-10-9-11-14-17)26(8-2)21(29)18(15-27)25-22(30)31-23(4,5)6/h2,9-11,13-14,16,18-19,27H,7,12,15H2,1,3-6H3,(H,24,28)(H,25,30). The average molecular weight is 432 g/mol. The highest BCUT2D eigenvalue weighted by Crippen LogP contribution is 2.22. The number of rotatable bonds is 9. The Kier molecular flexibility index (Phi) is 10.0. The van der Waals surface area contributed by atoms with E-state index in [9.17, 15) is 19.5 Å². The molecule has 3 amide bonds. The van der Waals surface area contributed by atoms with Crippen molar-refractivity contribution in [1.29, 1.82) is 0 Å². The first-order valence-electron chi connectivity index (χ1n) is 10.3. The summed E-state index contributed by atoms with van der Waals surface area (Å²) in [5.41, 5.74) is -0.287. The molecule has 0 heterocycles. The van der Waals surface area contributed by atoms with Crippen LogP contribution >= 0.6 is 0 Å². The number of carbonyl (C=O) groups is 3. The molecule has 0 radical (unpaired) electrons. The van der Waals surface area contributed by atoms with Crippen molar-refractivity contribution in [2.45, 2.75) is 71.2 Å². The Morgan fingerprint density at radius 1 is 1.19 bits per heavy atom. The lowest BCUT2D eigenvalue weighted by Gasteiger charge is -2.30. The summed E-state index contributed by atoms with van der Waals surface area (Å²) < 4.78 is 5.14. The van der Waals surface area contributed by atoms with Gasteiger partial charge in [-0.25, -0.2) is 4.79 Å². The topological polar surface area (TPSA) is 108 Å². The molecule has 3 N–H and O–H groups in total. The van der Waals surface area contributed by atoms with Crippen LogP contribution in [0.5, 0.6) is 0 Å². The third-order valence-electron chi connectivity index (χ3n) is 4.28. The van der Waals surface area contributed by atoms with Crippen LogP contribution in [0.25, 0.3) is 0 Å². The molecule has 1 rings (SSSR count). The number of terminal acetylenes is 1. The third-order valence-corrected chi connectivity index (χ3v) is 4.28. The first kappa shape index (κ1) is 26.0. The number of hydrogen-bond acceptors (Lipinski definition) is 5. The molecule has 0 aliphatic carbocycles. The molecule has 3 unspecified atom stereocenters. The van der Waals surface area contributed by atoms with Gasteiger partial charge in [0.2, 0.25) is 5.91 Å². The van der Waals surface area contributed by atoms with E-state index in [2.05, 4.69) is 16.7 Å². The van der Waals surface area contributed by atoms with E-state index in [1.54, 1.807) is 51.1 Å². The molecule has 0 aromatic heterocycles. The number of alkyl carbamates (subject to hydrolysis) is 1. The molecule has 0 saturated carbocycles. The maximum absolute atomic E-state index is 13.1. The Morgan fingerprint density at radius 2 is 1.81 bits per heavy atom. The van der Waals surface area contributed by atoms with Gasteiger partial charge in [-0.15, -0.1) is 0 Å². The predicted octanol–water partition coefficient (Wildman–Crippen LogP) is 2.34. The van der Waals surface area contributed by atoms with Crippen molar-refractivity contribution >= 4 is 17.9 Å². The Labute approximate surface area is 184 Å². The highest BCUT2D eigenvalue weighted by molar-refractivity contribution is 5.93. The molecular formula is C23H33N3O5. The Hall–Kier alpha value is -3.05. The van der Waals surface area contributed by atoms with Crippen molar-refractivity contribution in [3.05, 3.63) is 35.9 Å². The fourth-order valence-electron chi connectivity index (χ4n) is 2.95. The van der Waals surface area contributed by atoms with Crippen molar-refractivity contribution in [2.24, 2.45) is 0 Å². The molecular weight excluding hydrogens is 398 g/mol. The van der Waals surface area contributed by atoms with Gasteiger partial charge in [0.05, 0.1) is 6.61 Å². The van der Waals surface area contributed by atoms with Crippen LogP contribution in [-0.4, -0.2) is 52.2 Å². The van der Waals surface area contributed by atoms with Crippen LogP contribution in [0.15, 0.2) is 30.3 Å². The molecule has 31 heavy (non-hydrogen) atoms. The summed E-state index contributed by atoms with van der Waals surface area (Å²) in [5.74, 6) is -1.25. The minimum Gasteiger partial charge on any atom is -0.444 e. The van der Waals surface area contributed by atoms with Crippen LogP contribution < -0.4 is 10.6 Å². The van der Waals surface area contributed by atoms with Crippen LogP contribution in [-0.2, 0) is 14.3 Å². The summed E-state index contributed by atoms with van der Waals surface area (Å²) in [7, 11) is 0. The van der Waals surface area contributed by atoms with E-state index in [1.165, 1.54) is 0 Å². The van der Waals surface area contributed by atoms with E-state index in [0.29, 0.717) is 5.56 Å². The number of benzene rings is 1. The number of aliphatic hydroxyl groups is 1. The first-order chi connectivity index (χ1) is 14.5. The smallest absolute Gasteiger partial charge is 0.408 e. The van der Waals surface area contributed by atoms with Crippen LogP contribution in [0.3, 0.4) is 0 Å². The molecule has 0 fully saturated rings. The summed E-state index contributed by atoms with van der Waals surface area (Å²) in [6.07, 6.45) is 6.37. The van der Waals surface area contributed by atoms with Gasteiger partial charge in [0, 0.05) is 12.1 Å². The van der Waals surface area contributed by atoms with E-state index in [1.807, 2.05) is 13.8 Å². The zero-order valence-corrected chi connectivity index (χ0v) is 18.8. The molecule has 0 spiro atoms. The number of nitrogens with zero attached hydrogens (tertiary/aromatic N) is 1. The molecule has 1 aromatic carbocycles. The maximum atomic E-state index is 13.1. The molecule has 8 heteroatoms. The molecule has 1 aromatic rings. The van der Waals surface area contributed by atoms with Crippen LogP contribution in [0.4, 0.5) is 4.79 Å². The number of amides is 3. The van der Waals surface area contributed by atoms with Gasteiger partial charge in [-0.1, -0.05) is 50.1 Å². The van der Waals surface area contributed by atoms with E-state index >= 15 is 0 Å². The van der Waals surface area contributed by atoms with Gasteiger partial charge >= 0.3 is 6.09 Å². The monoisotopic (exact) mass is 431 g/mol. The molecule has 0 aliphatic rings. The van der Waals surface area contributed by atoms with Crippen molar-refractivity contribution in [3.8, 4) is 12.5 Å². The largest absolute Gasteiger partial charge is 0.444 e. The van der Waals surface area contributed by atoms with Crippen LogP contribution in [0.1, 0.15) is 59.1 Å². The lowest BCUT2D eigenvalue weighted by molar-refractivity contribution is -0.139. The summed E-state index contributed by atoms with van der Waals surface area (Å²) in [5, 5.41) is 14.9. The van der Waals surface area contributed by atoms with Gasteiger partial charge in [-0.05, 0) is 39.7 Å². The van der Waals surface area contributed by atoms with Crippen molar-refractivity contribution in [1.82, 2.24) is 15.5 Å². The van der Waals surface area contributed by atoms with Crippen LogP contribution in [0, 0.1) is 12.5 Å². The zero-order chi connectivity index (χ0) is 23.6. The Morgan fingerprint density at radius 3 is 2.29 bits per heavy atom. The van der Waals surface area contributed by atoms with Gasteiger partial charge in [-0.2, -0.15) is 0 Å². The highest BCUT2D eigenvalue weighted by Gasteiger charge is 2.35. The van der Waals surface area contributed by atoms with Gasteiger partial charge in [-0.3, -0.25) is 14.5 Å². The van der Waals surface area contributed by atoms with E-state index < -0.39 is 42.2 Å². The normalized spacial score (nSPS) is 13.8. The van der Waals surface area contributed by atoms with Crippen LogP contribution in [0.2, 0.25) is 0 Å². The number of aliphatic hydroxyl groups excluding tert-OH is 1. The summed E-state index contributed by atoms with van der Waals surface area (Å²) in [4.78, 5) is 39.2. The van der Waals surface area contributed by atoms with E-state index in [0.717, 1.165) is 17.7 Å². The quantitative estimate of drug-likeness (QED) is 0.411. The minimum absolute atomic E-state index is 0.119. The Bertz CT molecular complexity index is 783. The van der Waals surface area contributed by atoms with E-state index in [4.69, 9.17) is 11.2 Å². The summed E-state index contributed by atoms with van der Waals surface area (Å²) >= 11 is 0. The second kappa shape index (κ2) is 12.0. The molecule has 8 nitrogen and oxygen atoms in total. The molecule has 0 aliphatic heterocycles. The zero-order valence-electron chi connectivity index (χ0n) is 18.8. The highest BCUT2D eigenvalue weighted by atomic mass is 16.6. The SMILES string of the molecule is C#CN(C(=O)C(CO)NC(=O)OC(C)(C)C)C(C(=O)NC(C)CCC)c1ccccc1. The van der Waals surface area contributed by atoms with Crippen molar-refractivity contribution in [2.75, 3.05) is 6.61 Å². The third kappa shape index (κ3) is 8.30. The maximum Gasteiger partial charge on any atom is 0.408 e. The van der Waals surface area contributed by atoms with Crippen molar-refractivity contribution in [3.63, 3.8) is 0 Å². The fourth-order valence-corrected chi connectivity index (χ4v) is 2.95. The minimum atomic E-state index is -1.38. The second-order valence-corrected chi connectivity index (χ2v) is 8.23. The lowest BCUT2D eigenvalue weighted by Crippen LogP contribution is -2.53. The average Bonchev–Trinajstić information content (AvgIpc) is 2.68. The summed E-state index contributed by atoms with van der Waals surface area (Å²) in [6, 6.07) is 8.22. The van der Waals surface area contributed by atoms with E-state index in [-0.39, 0.29) is 6.04 Å². The van der Waals surface area contributed by atoms with Gasteiger partial charge in [0.25, 0.3) is 5.91 Å². The summed E-state index contributed by atoms with van der Waals surface area (Å²) in [6.45, 7) is 8.16. The molecule has 3 atom stereocenters. The van der Waals surface area contributed by atoms with Crippen molar-refractivity contribution < 1.29 is 24.2 Å². The van der Waals surface area contributed by atoms with Gasteiger partial charge in [0.1, 0.15) is 17.7 Å². The number of nitrogens with one attached hydrogen (secondary N) is 2. The fraction of sp³-hybridized carbons (Fsp3) is 0.522. The molecule has 170 valence electrons. The first-order valence-corrected chi connectivity index (χ1v) is 10.3. The molecule has 0 bridgehead atoms.